The van der Waals surface area contributed by atoms with Gasteiger partial charge in [-0.15, -0.1) is 0 Å². The minimum absolute atomic E-state index is 0.128. The van der Waals surface area contributed by atoms with Crippen LogP contribution in [0.3, 0.4) is 0 Å². The number of hydrogen-bond donors (Lipinski definition) is 2. The molecule has 1 atom stereocenters. The maximum absolute atomic E-state index is 12.2. The first-order chi connectivity index (χ1) is 9.37. The Morgan fingerprint density at radius 2 is 1.90 bits per heavy atom. The molecule has 2 N–H and O–H groups in total. The van der Waals surface area contributed by atoms with Crippen molar-refractivity contribution in [3.8, 4) is 0 Å². The van der Waals surface area contributed by atoms with E-state index in [1.807, 2.05) is 6.92 Å². The fraction of sp³-hybridized carbons (Fsp3) is 0.867. The Bertz CT molecular complexity index is 344. The van der Waals surface area contributed by atoms with Gasteiger partial charge in [-0.2, -0.15) is 0 Å². The molecule has 116 valence electrons. The van der Waals surface area contributed by atoms with Crippen LogP contribution in [0.15, 0.2) is 0 Å². The van der Waals surface area contributed by atoms with Crippen molar-refractivity contribution in [3.05, 3.63) is 0 Å². The number of aliphatic carboxylic acids is 1. The maximum atomic E-state index is 12.2. The summed E-state index contributed by atoms with van der Waals surface area (Å²) in [5.74, 6) is -0.941. The highest BCUT2D eigenvalue weighted by atomic mass is 16.5. The van der Waals surface area contributed by atoms with E-state index in [4.69, 9.17) is 9.84 Å². The second kappa shape index (κ2) is 7.07. The SMILES string of the molecule is CCC(C)(OC)C(=O)NCC1(CC(=O)O)CCCCC1. The van der Waals surface area contributed by atoms with E-state index in [2.05, 4.69) is 5.32 Å². The average Bonchev–Trinajstić information content (AvgIpc) is 2.44. The molecule has 1 aliphatic carbocycles. The van der Waals surface area contributed by atoms with Gasteiger partial charge in [0, 0.05) is 13.7 Å². The van der Waals surface area contributed by atoms with Gasteiger partial charge in [-0.25, -0.2) is 0 Å². The van der Waals surface area contributed by atoms with Gasteiger partial charge in [0.1, 0.15) is 5.60 Å². The quantitative estimate of drug-likeness (QED) is 0.753. The van der Waals surface area contributed by atoms with E-state index in [1.54, 1.807) is 6.92 Å². The Hall–Kier alpha value is -1.10. The summed E-state index contributed by atoms with van der Waals surface area (Å²) >= 11 is 0. The van der Waals surface area contributed by atoms with Crippen molar-refractivity contribution in [1.82, 2.24) is 5.32 Å². The van der Waals surface area contributed by atoms with Crippen LogP contribution in [0.1, 0.15) is 58.8 Å². The molecule has 20 heavy (non-hydrogen) atoms. The summed E-state index contributed by atoms with van der Waals surface area (Å²) in [7, 11) is 1.52. The highest BCUT2D eigenvalue weighted by Crippen LogP contribution is 2.38. The standard InChI is InChI=1S/C15H27NO4/c1-4-14(2,20-3)13(19)16-11-15(10-12(17)18)8-6-5-7-9-15/h4-11H2,1-3H3,(H,16,19)(H,17,18). The fourth-order valence-electron chi connectivity index (χ4n) is 2.89. The number of amides is 1. The Morgan fingerprint density at radius 3 is 2.35 bits per heavy atom. The molecular weight excluding hydrogens is 258 g/mol. The van der Waals surface area contributed by atoms with Crippen LogP contribution >= 0.6 is 0 Å². The third-order valence-corrected chi connectivity index (χ3v) is 4.67. The van der Waals surface area contributed by atoms with Crippen molar-refractivity contribution >= 4 is 11.9 Å². The first-order valence-electron chi connectivity index (χ1n) is 7.43. The Morgan fingerprint density at radius 1 is 1.30 bits per heavy atom. The molecule has 1 amide bonds. The van der Waals surface area contributed by atoms with Crippen LogP contribution in [0.4, 0.5) is 0 Å². The van der Waals surface area contributed by atoms with Gasteiger partial charge in [-0.05, 0) is 31.6 Å². The lowest BCUT2D eigenvalue weighted by Gasteiger charge is -2.37. The summed E-state index contributed by atoms with van der Waals surface area (Å²) in [5, 5.41) is 12.0. The van der Waals surface area contributed by atoms with E-state index >= 15 is 0 Å². The molecule has 0 saturated heterocycles. The lowest BCUT2D eigenvalue weighted by Crippen LogP contribution is -2.49. The molecule has 0 spiro atoms. The van der Waals surface area contributed by atoms with Gasteiger partial charge in [0.15, 0.2) is 0 Å². The second-order valence-electron chi connectivity index (χ2n) is 6.10. The Kier molecular flexibility index (Phi) is 5.99. The zero-order chi connectivity index (χ0) is 15.2. The largest absolute Gasteiger partial charge is 0.481 e. The molecule has 0 aromatic rings. The molecule has 1 unspecified atom stereocenters. The number of nitrogens with one attached hydrogen (secondary N) is 1. The summed E-state index contributed by atoms with van der Waals surface area (Å²) in [6.45, 7) is 4.08. The Balaban J connectivity index is 2.67. The highest BCUT2D eigenvalue weighted by Gasteiger charge is 2.37. The van der Waals surface area contributed by atoms with E-state index in [0.29, 0.717) is 13.0 Å². The van der Waals surface area contributed by atoms with Crippen molar-refractivity contribution in [3.63, 3.8) is 0 Å². The fourth-order valence-corrected chi connectivity index (χ4v) is 2.89. The molecule has 1 aliphatic rings. The summed E-state index contributed by atoms with van der Waals surface area (Å²) < 4.78 is 5.27. The van der Waals surface area contributed by atoms with Crippen molar-refractivity contribution in [2.24, 2.45) is 5.41 Å². The minimum Gasteiger partial charge on any atom is -0.481 e. The number of methoxy groups -OCH3 is 1. The topological polar surface area (TPSA) is 75.6 Å². The second-order valence-corrected chi connectivity index (χ2v) is 6.10. The number of hydrogen-bond acceptors (Lipinski definition) is 3. The number of carbonyl (C=O) groups excluding carboxylic acids is 1. The Labute approximate surface area is 121 Å². The van der Waals surface area contributed by atoms with E-state index in [1.165, 1.54) is 7.11 Å². The summed E-state index contributed by atoms with van der Waals surface area (Å²) in [5.41, 5.74) is -1.12. The molecule has 1 fully saturated rings. The molecule has 5 nitrogen and oxygen atoms in total. The summed E-state index contributed by atoms with van der Waals surface area (Å²) in [6.07, 6.45) is 5.69. The molecule has 0 aliphatic heterocycles. The van der Waals surface area contributed by atoms with Crippen LogP contribution in [0.25, 0.3) is 0 Å². The average molecular weight is 285 g/mol. The third-order valence-electron chi connectivity index (χ3n) is 4.67. The molecule has 0 radical (unpaired) electrons. The smallest absolute Gasteiger partial charge is 0.303 e. The van der Waals surface area contributed by atoms with Gasteiger partial charge in [-0.1, -0.05) is 26.2 Å². The number of carboxylic acids is 1. The van der Waals surface area contributed by atoms with Gasteiger partial charge >= 0.3 is 5.97 Å². The van der Waals surface area contributed by atoms with Gasteiger partial charge in [0.05, 0.1) is 6.42 Å². The van der Waals surface area contributed by atoms with Gasteiger partial charge in [0.25, 0.3) is 5.91 Å². The third kappa shape index (κ3) is 4.20. The highest BCUT2D eigenvalue weighted by molar-refractivity contribution is 5.84. The van der Waals surface area contributed by atoms with E-state index in [9.17, 15) is 9.59 Å². The van der Waals surface area contributed by atoms with Gasteiger partial charge in [-0.3, -0.25) is 9.59 Å². The minimum atomic E-state index is -0.834. The normalized spacial score (nSPS) is 20.9. The molecular formula is C15H27NO4. The van der Waals surface area contributed by atoms with Crippen LogP contribution in [0.2, 0.25) is 0 Å². The van der Waals surface area contributed by atoms with E-state index < -0.39 is 11.6 Å². The van der Waals surface area contributed by atoms with E-state index in [0.717, 1.165) is 32.1 Å². The lowest BCUT2D eigenvalue weighted by molar-refractivity contribution is -0.144. The van der Waals surface area contributed by atoms with Crippen molar-refractivity contribution in [1.29, 1.82) is 0 Å². The first kappa shape index (κ1) is 17.0. The predicted molar refractivity (Wildman–Crippen MR) is 76.5 cm³/mol. The molecule has 1 saturated carbocycles. The zero-order valence-electron chi connectivity index (χ0n) is 12.8. The van der Waals surface area contributed by atoms with Crippen molar-refractivity contribution in [2.75, 3.05) is 13.7 Å². The molecule has 1 rings (SSSR count). The van der Waals surface area contributed by atoms with Gasteiger partial charge in [0.2, 0.25) is 0 Å². The molecule has 0 bridgehead atoms. The van der Waals surface area contributed by atoms with Crippen LogP contribution in [0.5, 0.6) is 0 Å². The lowest BCUT2D eigenvalue weighted by atomic mass is 9.71. The monoisotopic (exact) mass is 285 g/mol. The number of carbonyl (C=O) groups is 2. The number of ether oxygens (including phenoxy) is 1. The van der Waals surface area contributed by atoms with Crippen LogP contribution in [0, 0.1) is 5.41 Å². The predicted octanol–water partition coefficient (Wildman–Crippen LogP) is 2.34. The molecule has 0 aromatic heterocycles. The van der Waals surface area contributed by atoms with Crippen molar-refractivity contribution < 1.29 is 19.4 Å². The van der Waals surface area contributed by atoms with Gasteiger partial charge < -0.3 is 15.2 Å². The summed E-state index contributed by atoms with van der Waals surface area (Å²) in [6, 6.07) is 0. The van der Waals surface area contributed by atoms with Crippen LogP contribution < -0.4 is 5.32 Å². The summed E-state index contributed by atoms with van der Waals surface area (Å²) in [4.78, 5) is 23.3. The number of rotatable bonds is 7. The zero-order valence-corrected chi connectivity index (χ0v) is 12.8. The first-order valence-corrected chi connectivity index (χ1v) is 7.43. The van der Waals surface area contributed by atoms with Crippen molar-refractivity contribution in [2.45, 2.75) is 64.4 Å². The van der Waals surface area contributed by atoms with Crippen LogP contribution in [-0.2, 0) is 14.3 Å². The molecule has 5 heteroatoms. The number of carboxylic acid groups (broad SMARTS) is 1. The molecule has 0 aromatic carbocycles. The maximum Gasteiger partial charge on any atom is 0.303 e. The molecule has 0 heterocycles. The van der Waals surface area contributed by atoms with Crippen LogP contribution in [-0.4, -0.2) is 36.2 Å². The van der Waals surface area contributed by atoms with E-state index in [-0.39, 0.29) is 17.7 Å².